The number of aliphatic carboxylic acids is 1. The Morgan fingerprint density at radius 3 is 1.74 bits per heavy atom. The molecule has 174 valence electrons. The average Bonchev–Trinajstić information content (AvgIpc) is 3.44. The van der Waals surface area contributed by atoms with Gasteiger partial charge in [-0.15, -0.1) is 0 Å². The molecule has 0 saturated carbocycles. The van der Waals surface area contributed by atoms with Crippen molar-refractivity contribution >= 4 is 11.9 Å². The number of hydrogen-bond acceptors (Lipinski definition) is 3. The molecule has 0 spiro atoms. The van der Waals surface area contributed by atoms with E-state index in [1.807, 2.05) is 12.2 Å². The standard InChI is InChI=1S/C27H42O4/c1-31-25(30)27(22-16-17-23-27)21-13-11-9-7-5-3-2-4-6-8-10-12-18-26(24(28)29)19-14-15-20-26/h2-3,14,16,19,22H,4-13,15,17-18,20-21,23H2,1H3,(H,28,29)/b3-2-. The molecule has 0 aromatic carbocycles. The summed E-state index contributed by atoms with van der Waals surface area (Å²) in [5.74, 6) is -0.719. The number of ether oxygens (including phenoxy) is 1. The molecule has 0 aliphatic heterocycles. The molecule has 4 nitrogen and oxygen atoms in total. The summed E-state index contributed by atoms with van der Waals surface area (Å²) < 4.78 is 5.01. The molecule has 2 atom stereocenters. The lowest BCUT2D eigenvalue weighted by Gasteiger charge is -2.24. The van der Waals surface area contributed by atoms with Gasteiger partial charge in [0.05, 0.1) is 17.9 Å². The van der Waals surface area contributed by atoms with E-state index in [2.05, 4.69) is 24.3 Å². The fourth-order valence-electron chi connectivity index (χ4n) is 4.99. The number of unbranched alkanes of at least 4 members (excludes halogenated alkanes) is 8. The van der Waals surface area contributed by atoms with Crippen molar-refractivity contribution in [2.75, 3.05) is 7.11 Å². The minimum absolute atomic E-state index is 0.0686. The van der Waals surface area contributed by atoms with Crippen molar-refractivity contribution in [3.8, 4) is 0 Å². The highest BCUT2D eigenvalue weighted by molar-refractivity contribution is 5.79. The Balaban J connectivity index is 1.42. The third-order valence-electron chi connectivity index (χ3n) is 7.06. The Bertz CT molecular complexity index is 648. The summed E-state index contributed by atoms with van der Waals surface area (Å²) in [4.78, 5) is 23.6. The van der Waals surface area contributed by atoms with Crippen molar-refractivity contribution in [3.63, 3.8) is 0 Å². The number of carbonyl (C=O) groups is 2. The van der Waals surface area contributed by atoms with Crippen LogP contribution in [0.1, 0.15) is 103 Å². The fourth-order valence-corrected chi connectivity index (χ4v) is 4.99. The van der Waals surface area contributed by atoms with Crippen molar-refractivity contribution < 1.29 is 19.4 Å². The molecule has 0 amide bonds. The van der Waals surface area contributed by atoms with E-state index in [-0.39, 0.29) is 11.4 Å². The molecule has 0 aromatic rings. The summed E-state index contributed by atoms with van der Waals surface area (Å²) >= 11 is 0. The van der Waals surface area contributed by atoms with Gasteiger partial charge in [0, 0.05) is 0 Å². The lowest BCUT2D eigenvalue weighted by Crippen LogP contribution is -2.28. The molecule has 2 unspecified atom stereocenters. The van der Waals surface area contributed by atoms with Crippen LogP contribution in [-0.4, -0.2) is 24.2 Å². The zero-order valence-electron chi connectivity index (χ0n) is 19.4. The summed E-state index contributed by atoms with van der Waals surface area (Å²) in [5, 5.41) is 9.47. The van der Waals surface area contributed by atoms with Gasteiger partial charge in [0.1, 0.15) is 0 Å². The monoisotopic (exact) mass is 430 g/mol. The number of carboxylic acid groups (broad SMARTS) is 1. The normalized spacial score (nSPS) is 24.9. The summed E-state index contributed by atoms with van der Waals surface area (Å²) in [7, 11) is 1.49. The van der Waals surface area contributed by atoms with E-state index in [9.17, 15) is 14.7 Å². The Labute approximate surface area is 188 Å². The Hall–Kier alpha value is -1.84. The van der Waals surface area contributed by atoms with Gasteiger partial charge in [0.15, 0.2) is 0 Å². The van der Waals surface area contributed by atoms with Gasteiger partial charge in [-0.3, -0.25) is 9.59 Å². The van der Waals surface area contributed by atoms with Gasteiger partial charge in [-0.1, -0.05) is 75.0 Å². The van der Waals surface area contributed by atoms with E-state index in [1.165, 1.54) is 39.2 Å². The average molecular weight is 431 g/mol. The highest BCUT2D eigenvalue weighted by Gasteiger charge is 2.38. The Morgan fingerprint density at radius 2 is 1.29 bits per heavy atom. The number of hydrogen-bond donors (Lipinski definition) is 1. The second-order valence-electron chi connectivity index (χ2n) is 9.37. The van der Waals surface area contributed by atoms with E-state index < -0.39 is 11.4 Å². The van der Waals surface area contributed by atoms with Gasteiger partial charge in [0.25, 0.3) is 0 Å². The molecule has 0 heterocycles. The molecule has 0 saturated heterocycles. The SMILES string of the molecule is COC(=O)C1(CCCCCC/C=C\CCCCCCC2(C(=O)O)C=CCC2)C=CCC1. The van der Waals surface area contributed by atoms with Gasteiger partial charge in [-0.05, 0) is 64.2 Å². The minimum Gasteiger partial charge on any atom is -0.481 e. The lowest BCUT2D eigenvalue weighted by atomic mass is 9.82. The summed E-state index contributed by atoms with van der Waals surface area (Å²) in [6, 6.07) is 0. The van der Waals surface area contributed by atoms with E-state index in [0.717, 1.165) is 70.6 Å². The van der Waals surface area contributed by atoms with Crippen molar-refractivity contribution in [1.82, 2.24) is 0 Å². The minimum atomic E-state index is -0.650. The van der Waals surface area contributed by atoms with Gasteiger partial charge in [0.2, 0.25) is 0 Å². The maximum absolute atomic E-state index is 12.1. The molecule has 31 heavy (non-hydrogen) atoms. The summed E-state index contributed by atoms with van der Waals surface area (Å²) in [6.07, 6.45) is 29.4. The van der Waals surface area contributed by atoms with Crippen LogP contribution in [0.2, 0.25) is 0 Å². The van der Waals surface area contributed by atoms with Crippen LogP contribution in [0.3, 0.4) is 0 Å². The van der Waals surface area contributed by atoms with Crippen molar-refractivity contribution in [3.05, 3.63) is 36.5 Å². The van der Waals surface area contributed by atoms with Crippen molar-refractivity contribution in [2.45, 2.75) is 103 Å². The van der Waals surface area contributed by atoms with E-state index in [0.29, 0.717) is 0 Å². The first-order valence-electron chi connectivity index (χ1n) is 12.4. The first kappa shape index (κ1) is 25.4. The zero-order valence-corrected chi connectivity index (χ0v) is 19.4. The first-order chi connectivity index (χ1) is 15.0. The number of allylic oxidation sites excluding steroid dienone is 4. The van der Waals surface area contributed by atoms with Crippen LogP contribution < -0.4 is 0 Å². The summed E-state index contributed by atoms with van der Waals surface area (Å²) in [5.41, 5.74) is -0.926. The third kappa shape index (κ3) is 7.97. The molecule has 0 bridgehead atoms. The van der Waals surface area contributed by atoms with Crippen LogP contribution in [0.25, 0.3) is 0 Å². The molecule has 2 aliphatic rings. The molecule has 2 aliphatic carbocycles. The van der Waals surface area contributed by atoms with Gasteiger partial charge >= 0.3 is 11.9 Å². The molecule has 1 N–H and O–H groups in total. The lowest BCUT2D eigenvalue weighted by molar-refractivity contribution is -0.150. The Kier molecular flexibility index (Phi) is 11.1. The van der Waals surface area contributed by atoms with Crippen LogP contribution in [0, 0.1) is 10.8 Å². The highest BCUT2D eigenvalue weighted by atomic mass is 16.5. The predicted octanol–water partition coefficient (Wildman–Crippen LogP) is 7.15. The maximum Gasteiger partial charge on any atom is 0.315 e. The second kappa shape index (κ2) is 13.5. The quantitative estimate of drug-likeness (QED) is 0.160. The first-order valence-corrected chi connectivity index (χ1v) is 12.4. The smallest absolute Gasteiger partial charge is 0.315 e. The van der Waals surface area contributed by atoms with E-state index >= 15 is 0 Å². The van der Waals surface area contributed by atoms with Crippen LogP contribution >= 0.6 is 0 Å². The molecule has 0 fully saturated rings. The largest absolute Gasteiger partial charge is 0.481 e. The Morgan fingerprint density at radius 1 is 0.806 bits per heavy atom. The topological polar surface area (TPSA) is 63.6 Å². The number of carbonyl (C=O) groups excluding carboxylic acids is 1. The van der Waals surface area contributed by atoms with Gasteiger partial charge in [-0.2, -0.15) is 0 Å². The van der Waals surface area contributed by atoms with Crippen LogP contribution in [0.15, 0.2) is 36.5 Å². The molecule has 4 heteroatoms. The van der Waals surface area contributed by atoms with Gasteiger partial charge < -0.3 is 9.84 Å². The zero-order chi connectivity index (χ0) is 22.4. The number of rotatable bonds is 16. The highest BCUT2D eigenvalue weighted by Crippen LogP contribution is 2.39. The van der Waals surface area contributed by atoms with E-state index in [1.54, 1.807) is 0 Å². The van der Waals surface area contributed by atoms with Crippen LogP contribution in [0.4, 0.5) is 0 Å². The number of carboxylic acids is 1. The van der Waals surface area contributed by atoms with Crippen LogP contribution in [0.5, 0.6) is 0 Å². The van der Waals surface area contributed by atoms with Crippen molar-refractivity contribution in [2.24, 2.45) is 10.8 Å². The molecular formula is C27H42O4. The summed E-state index contributed by atoms with van der Waals surface area (Å²) in [6.45, 7) is 0. The molecule has 0 radical (unpaired) electrons. The molecule has 2 rings (SSSR count). The van der Waals surface area contributed by atoms with Gasteiger partial charge in [-0.25, -0.2) is 0 Å². The molecular weight excluding hydrogens is 388 g/mol. The third-order valence-corrected chi connectivity index (χ3v) is 7.06. The predicted molar refractivity (Wildman–Crippen MR) is 126 cm³/mol. The number of methoxy groups -OCH3 is 1. The van der Waals surface area contributed by atoms with Crippen LogP contribution in [-0.2, 0) is 14.3 Å². The fraction of sp³-hybridized carbons (Fsp3) is 0.704. The second-order valence-corrected chi connectivity index (χ2v) is 9.37. The number of esters is 1. The molecule has 0 aromatic heterocycles. The van der Waals surface area contributed by atoms with Crippen molar-refractivity contribution in [1.29, 1.82) is 0 Å². The van der Waals surface area contributed by atoms with E-state index in [4.69, 9.17) is 4.74 Å². The maximum atomic E-state index is 12.1.